The number of aryl methyl sites for hydroxylation is 2. The van der Waals surface area contributed by atoms with Crippen LogP contribution in [-0.4, -0.2) is 29.0 Å². The van der Waals surface area contributed by atoms with Gasteiger partial charge in [0.1, 0.15) is 22.2 Å². The van der Waals surface area contributed by atoms with E-state index >= 15 is 0 Å². The molecule has 2 aromatic carbocycles. The van der Waals surface area contributed by atoms with Crippen molar-refractivity contribution in [3.05, 3.63) is 80.9 Å². The fourth-order valence-corrected chi connectivity index (χ4v) is 4.97. The summed E-state index contributed by atoms with van der Waals surface area (Å²) in [6.45, 7) is 6.36. The Bertz CT molecular complexity index is 1240. The van der Waals surface area contributed by atoms with Gasteiger partial charge in [-0.25, -0.2) is 9.97 Å². The third-order valence-electron chi connectivity index (χ3n) is 5.42. The fraction of sp³-hybridized carbons (Fsp3) is 0.280. The van der Waals surface area contributed by atoms with Crippen LogP contribution in [0.15, 0.2) is 48.5 Å². The van der Waals surface area contributed by atoms with Crippen LogP contribution in [0.2, 0.25) is 5.02 Å². The number of hydrogen-bond acceptors (Lipinski definition) is 6. The highest BCUT2D eigenvalue weighted by atomic mass is 35.5. The van der Waals surface area contributed by atoms with Crippen LogP contribution < -0.4 is 10.1 Å². The topological polar surface area (TPSA) is 50.3 Å². The van der Waals surface area contributed by atoms with Gasteiger partial charge in [0.25, 0.3) is 0 Å². The SMILES string of the molecule is COc1cccc(CN(C)Cc2nc(NCc3cccc(Cl)c3)c3c(C)c(C)sc3n2)c1. The second kappa shape index (κ2) is 9.86. The summed E-state index contributed by atoms with van der Waals surface area (Å²) in [6.07, 6.45) is 0. The summed E-state index contributed by atoms with van der Waals surface area (Å²) < 4.78 is 5.34. The zero-order valence-corrected chi connectivity index (χ0v) is 20.3. The Morgan fingerprint density at radius 1 is 1.03 bits per heavy atom. The number of thiophene rings is 1. The molecular formula is C25H27ClN4OS. The molecule has 2 heterocycles. The van der Waals surface area contributed by atoms with E-state index in [4.69, 9.17) is 26.3 Å². The van der Waals surface area contributed by atoms with Gasteiger partial charge in [-0.2, -0.15) is 0 Å². The summed E-state index contributed by atoms with van der Waals surface area (Å²) in [7, 11) is 3.77. The molecule has 4 rings (SSSR count). The standard InChI is InChI=1S/C25H27ClN4OS/c1-16-17(2)32-25-23(16)24(27-13-18-7-5-9-20(26)11-18)28-22(29-25)15-30(3)14-19-8-6-10-21(12-19)31-4/h5-12H,13-15H2,1-4H3,(H,27,28,29). The van der Waals surface area contributed by atoms with E-state index in [1.807, 2.05) is 30.3 Å². The van der Waals surface area contributed by atoms with E-state index in [2.05, 4.69) is 49.3 Å². The van der Waals surface area contributed by atoms with Gasteiger partial charge in [-0.1, -0.05) is 35.9 Å². The minimum absolute atomic E-state index is 0.648. The lowest BCUT2D eigenvalue weighted by Gasteiger charge is -2.17. The van der Waals surface area contributed by atoms with Gasteiger partial charge in [0.15, 0.2) is 0 Å². The zero-order chi connectivity index (χ0) is 22.7. The van der Waals surface area contributed by atoms with E-state index in [-0.39, 0.29) is 0 Å². The maximum absolute atomic E-state index is 6.15. The highest BCUT2D eigenvalue weighted by Gasteiger charge is 2.16. The molecule has 1 N–H and O–H groups in total. The lowest BCUT2D eigenvalue weighted by atomic mass is 10.2. The van der Waals surface area contributed by atoms with E-state index < -0.39 is 0 Å². The van der Waals surface area contributed by atoms with Crippen LogP contribution in [0.5, 0.6) is 5.75 Å². The molecule has 0 atom stereocenters. The number of halogens is 1. The first kappa shape index (κ1) is 22.5. The predicted octanol–water partition coefficient (Wildman–Crippen LogP) is 6.21. The molecule has 0 aliphatic rings. The van der Waals surface area contributed by atoms with Crippen LogP contribution in [0.3, 0.4) is 0 Å². The fourth-order valence-electron chi connectivity index (χ4n) is 3.70. The molecule has 0 radical (unpaired) electrons. The van der Waals surface area contributed by atoms with E-state index in [9.17, 15) is 0 Å². The Morgan fingerprint density at radius 2 is 1.81 bits per heavy atom. The quantitative estimate of drug-likeness (QED) is 0.334. The third-order valence-corrected chi connectivity index (χ3v) is 6.76. The number of nitrogens with zero attached hydrogens (tertiary/aromatic N) is 3. The van der Waals surface area contributed by atoms with Crippen LogP contribution >= 0.6 is 22.9 Å². The number of fused-ring (bicyclic) bond motifs is 1. The van der Waals surface area contributed by atoms with Gasteiger partial charge in [0, 0.05) is 23.0 Å². The van der Waals surface area contributed by atoms with Crippen LogP contribution in [0, 0.1) is 13.8 Å². The summed E-state index contributed by atoms with van der Waals surface area (Å²) in [4.78, 5) is 14.3. The predicted molar refractivity (Wildman–Crippen MR) is 134 cm³/mol. The number of nitrogens with one attached hydrogen (secondary N) is 1. The minimum Gasteiger partial charge on any atom is -0.497 e. The molecule has 5 nitrogen and oxygen atoms in total. The molecule has 32 heavy (non-hydrogen) atoms. The van der Waals surface area contributed by atoms with Crippen molar-refractivity contribution in [2.24, 2.45) is 0 Å². The van der Waals surface area contributed by atoms with Crippen molar-refractivity contribution in [3.63, 3.8) is 0 Å². The van der Waals surface area contributed by atoms with Crippen molar-refractivity contribution in [1.29, 1.82) is 0 Å². The summed E-state index contributed by atoms with van der Waals surface area (Å²) in [6, 6.07) is 16.0. The Hall–Kier alpha value is -2.67. The number of benzene rings is 2. The molecule has 0 bridgehead atoms. The maximum atomic E-state index is 6.15. The Morgan fingerprint density at radius 3 is 2.59 bits per heavy atom. The van der Waals surface area contributed by atoms with Crippen LogP contribution in [0.25, 0.3) is 10.2 Å². The van der Waals surface area contributed by atoms with Crippen molar-refractivity contribution in [2.75, 3.05) is 19.5 Å². The van der Waals surface area contributed by atoms with Gasteiger partial charge < -0.3 is 10.1 Å². The molecule has 4 aromatic rings. The first-order chi connectivity index (χ1) is 15.4. The molecule has 0 fully saturated rings. The number of hydrogen-bond donors (Lipinski definition) is 1. The maximum Gasteiger partial charge on any atom is 0.146 e. The summed E-state index contributed by atoms with van der Waals surface area (Å²) in [5.41, 5.74) is 3.54. The van der Waals surface area contributed by atoms with Crippen molar-refractivity contribution in [1.82, 2.24) is 14.9 Å². The van der Waals surface area contributed by atoms with Crippen molar-refractivity contribution in [3.8, 4) is 5.75 Å². The highest BCUT2D eigenvalue weighted by Crippen LogP contribution is 2.33. The molecule has 0 spiro atoms. The third kappa shape index (κ3) is 5.21. The number of aromatic nitrogens is 2. The second-order valence-corrected chi connectivity index (χ2v) is 9.60. The van der Waals surface area contributed by atoms with E-state index in [0.29, 0.717) is 13.1 Å². The van der Waals surface area contributed by atoms with Gasteiger partial charge in [0.2, 0.25) is 0 Å². The number of methoxy groups -OCH3 is 1. The number of anilines is 1. The van der Waals surface area contributed by atoms with E-state index in [0.717, 1.165) is 44.7 Å². The van der Waals surface area contributed by atoms with Gasteiger partial charge >= 0.3 is 0 Å². The van der Waals surface area contributed by atoms with Crippen LogP contribution in [0.4, 0.5) is 5.82 Å². The van der Waals surface area contributed by atoms with Crippen molar-refractivity contribution in [2.45, 2.75) is 33.5 Å². The monoisotopic (exact) mass is 466 g/mol. The van der Waals surface area contributed by atoms with Crippen LogP contribution in [0.1, 0.15) is 27.4 Å². The normalized spacial score (nSPS) is 11.3. The second-order valence-electron chi connectivity index (χ2n) is 7.96. The number of rotatable bonds is 8. The van der Waals surface area contributed by atoms with Gasteiger partial charge in [-0.3, -0.25) is 4.90 Å². The molecule has 0 amide bonds. The molecule has 2 aromatic heterocycles. The Labute approximate surface area is 198 Å². The largest absolute Gasteiger partial charge is 0.497 e. The smallest absolute Gasteiger partial charge is 0.146 e. The molecular weight excluding hydrogens is 440 g/mol. The minimum atomic E-state index is 0.648. The molecule has 0 unspecified atom stereocenters. The van der Waals surface area contributed by atoms with E-state index in [1.54, 1.807) is 18.4 Å². The van der Waals surface area contributed by atoms with Crippen LogP contribution in [-0.2, 0) is 19.6 Å². The first-order valence-corrected chi connectivity index (χ1v) is 11.7. The van der Waals surface area contributed by atoms with Gasteiger partial charge in [-0.15, -0.1) is 11.3 Å². The molecule has 0 aliphatic carbocycles. The van der Waals surface area contributed by atoms with Crippen molar-refractivity contribution >= 4 is 39.0 Å². The Kier molecular flexibility index (Phi) is 6.94. The highest BCUT2D eigenvalue weighted by molar-refractivity contribution is 7.18. The van der Waals surface area contributed by atoms with Gasteiger partial charge in [-0.05, 0) is 61.9 Å². The van der Waals surface area contributed by atoms with E-state index in [1.165, 1.54) is 16.0 Å². The number of ether oxygens (including phenoxy) is 1. The molecule has 0 saturated heterocycles. The molecule has 0 saturated carbocycles. The lowest BCUT2D eigenvalue weighted by molar-refractivity contribution is 0.310. The lowest BCUT2D eigenvalue weighted by Crippen LogP contribution is -2.19. The summed E-state index contributed by atoms with van der Waals surface area (Å²) in [5.74, 6) is 2.55. The van der Waals surface area contributed by atoms with Crippen molar-refractivity contribution < 1.29 is 4.74 Å². The average molecular weight is 467 g/mol. The molecule has 0 aliphatic heterocycles. The summed E-state index contributed by atoms with van der Waals surface area (Å²) in [5, 5.41) is 5.37. The molecule has 166 valence electrons. The molecule has 7 heteroatoms. The zero-order valence-electron chi connectivity index (χ0n) is 18.8. The first-order valence-electron chi connectivity index (χ1n) is 10.5. The average Bonchev–Trinajstić information content (AvgIpc) is 3.05. The Balaban J connectivity index is 1.57. The summed E-state index contributed by atoms with van der Waals surface area (Å²) >= 11 is 7.87. The van der Waals surface area contributed by atoms with Gasteiger partial charge in [0.05, 0.1) is 19.0 Å².